The number of phenols is 4. The summed E-state index contributed by atoms with van der Waals surface area (Å²) in [6.45, 7) is 0.899. The van der Waals surface area contributed by atoms with E-state index in [1.165, 1.54) is 49.5 Å². The molecule has 0 aromatic heterocycles. The maximum absolute atomic E-state index is 17.2. The van der Waals surface area contributed by atoms with Gasteiger partial charge >= 0.3 is 0 Å². The minimum Gasteiger partial charge on any atom is -0.508 e. The van der Waals surface area contributed by atoms with Crippen LogP contribution >= 0.6 is 23.2 Å². The zero-order chi connectivity index (χ0) is 105. The topological polar surface area (TPSA) is 578 Å². The number of nitrogens with two attached hydrogens (primary N) is 1. The maximum atomic E-state index is 17.2. The summed E-state index contributed by atoms with van der Waals surface area (Å²) in [7, 11) is 9.36. The number of hydrogen-bond acceptors (Lipinski definition) is 29. The first-order valence-electron chi connectivity index (χ1n) is 47.7. The molecule has 0 aliphatic carbocycles. The largest absolute Gasteiger partial charge is 0.508 e. The molecule has 11 aromatic rings. The first-order valence-corrected chi connectivity index (χ1v) is 48.4. The summed E-state index contributed by atoms with van der Waals surface area (Å²) in [5.41, 5.74) is 9.25. The Bertz CT molecular complexity index is 6840. The minimum atomic E-state index is -2.53. The molecule has 41 heteroatoms. The van der Waals surface area contributed by atoms with E-state index in [0.717, 1.165) is 106 Å². The van der Waals surface area contributed by atoms with Gasteiger partial charge in [-0.05, 0) is 141 Å². The van der Waals surface area contributed by atoms with Crippen molar-refractivity contribution in [2.45, 2.75) is 142 Å². The van der Waals surface area contributed by atoms with Crippen LogP contribution in [0.5, 0.6) is 69.0 Å². The van der Waals surface area contributed by atoms with Gasteiger partial charge in [-0.15, -0.1) is 0 Å². The number of fused-ring (bicyclic) bond motifs is 13. The van der Waals surface area contributed by atoms with Gasteiger partial charge in [-0.25, -0.2) is 0 Å². The lowest BCUT2D eigenvalue weighted by Crippen LogP contribution is -2.65. The molecule has 0 spiro atoms. The average Bonchev–Trinajstić information content (AvgIpc) is 1.20. The highest BCUT2D eigenvalue weighted by Crippen LogP contribution is 2.52. The lowest BCUT2D eigenvalue weighted by molar-refractivity contribution is -0.903. The van der Waals surface area contributed by atoms with Gasteiger partial charge in [0, 0.05) is 60.3 Å². The van der Waals surface area contributed by atoms with Gasteiger partial charge in [-0.3, -0.25) is 38.4 Å². The molecule has 8 aliphatic heterocycles. The number of carbonyl (C=O) groups excluding carboxylic acids is 8. The van der Waals surface area contributed by atoms with Gasteiger partial charge in [0.05, 0.1) is 64.0 Å². The van der Waals surface area contributed by atoms with Crippen molar-refractivity contribution in [1.82, 2.24) is 47.9 Å². The van der Waals surface area contributed by atoms with Crippen molar-refractivity contribution in [2.24, 2.45) is 5.73 Å². The molecule has 11 unspecified atom stereocenters. The summed E-state index contributed by atoms with van der Waals surface area (Å²) in [5, 5.41) is 166. The summed E-state index contributed by atoms with van der Waals surface area (Å²) < 4.78 is 46.2. The van der Waals surface area contributed by atoms with E-state index in [2.05, 4.69) is 47.9 Å². The van der Waals surface area contributed by atoms with Gasteiger partial charge in [0.2, 0.25) is 59.7 Å². The minimum absolute atomic E-state index is 0.0104. The number of hydrogen-bond donors (Lipinski definition) is 22. The Balaban J connectivity index is 0.814. The number of amides is 8. The fraction of sp³-hybridized carbons (Fsp3) is 0.308. The van der Waals surface area contributed by atoms with Crippen molar-refractivity contribution in [2.75, 3.05) is 68.0 Å². The van der Waals surface area contributed by atoms with Crippen LogP contribution in [-0.2, 0) is 60.9 Å². The predicted octanol–water partition coefficient (Wildman–Crippen LogP) is 6.47. The number of likely N-dealkylation sites (N-methyl/N-ethyl adjacent to an activating group) is 1. The van der Waals surface area contributed by atoms with Gasteiger partial charge < -0.3 is 157 Å². The first-order chi connectivity index (χ1) is 70.8. The fourth-order valence-electron chi connectivity index (χ4n) is 19.1. The zero-order valence-corrected chi connectivity index (χ0v) is 81.9. The Morgan fingerprint density at radius 1 is 0.426 bits per heavy atom. The molecule has 23 N–H and O–H groups in total. The summed E-state index contributed by atoms with van der Waals surface area (Å²) in [5.74, 6) is -17.5. The molecule has 774 valence electrons. The smallest absolute Gasteiger partial charge is 0.252 e. The standard InChI is InChI=1S/C107H110Cl2N12O27/c1-111-82-58-29-32-70(125)74(43-58)142-65-40-61(39-63(123)46-65)83-100(136)114-84-62-44-76(143-72-33-30-59(41-68(72)108)89(127)87(103(139)115-83)118-99(82)135)96(147-106-81(110)92(130)94(132)97(148-106)105(141)113-36-14-38-121(4,5)50-53-23-27-57(28-24-53)55-17-10-7-11-18-55)77(45-62)144-73-34-31-60(42-69(73)109)90(128)88-104(140)117-86(98(134)112-35-13-37-120(2,3)49-52-21-25-56(26-22-52)54-15-8-6-9-16-54)67-47-64(124)48-75(145-107-95(133)93(131)91(129)78(51-122)146-107)80(67)79-66(19-12-20-71(79)126)85(102(138)119-88)116-101(84)137/h6-12,15-34,39-48,78,81-95,97,106-107,111,122,127-133H,13-14,35-38,49-51,110H2,1-5H3,(H10-2,112,113,114,115,116,117,118,119,123,124,125,126,134,135,136,137,138,139,140,141)/p+2/t78-,81+,82?,83?,84?,85?,86?,87?,88?,89?,90?,91-,92+,93+,94-,95+,97?,106+,107?/m1/s1. The molecule has 8 aliphatic rings. The Kier molecular flexibility index (Phi) is 31.3. The van der Waals surface area contributed by atoms with Crippen LogP contribution in [0.1, 0.15) is 105 Å². The highest BCUT2D eigenvalue weighted by atomic mass is 35.5. The summed E-state index contributed by atoms with van der Waals surface area (Å²) in [4.78, 5) is 128. The third-order valence-corrected chi connectivity index (χ3v) is 27.5. The third-order valence-electron chi connectivity index (χ3n) is 26.9. The van der Waals surface area contributed by atoms with Crippen molar-refractivity contribution in [1.29, 1.82) is 0 Å². The van der Waals surface area contributed by atoms with Gasteiger partial charge in [0.25, 0.3) is 5.91 Å². The molecule has 8 heterocycles. The Labute approximate surface area is 857 Å². The van der Waals surface area contributed by atoms with E-state index >= 15 is 28.8 Å². The van der Waals surface area contributed by atoms with Gasteiger partial charge in [-0.2, -0.15) is 0 Å². The summed E-state index contributed by atoms with van der Waals surface area (Å²) >= 11 is 14.7. The van der Waals surface area contributed by atoms with Crippen molar-refractivity contribution in [3.05, 3.63) is 285 Å². The number of aromatic hydroxyl groups is 4. The Hall–Kier alpha value is -14.6. The molecule has 19 atom stereocenters. The van der Waals surface area contributed by atoms with Crippen LogP contribution in [0.4, 0.5) is 0 Å². The van der Waals surface area contributed by atoms with Crippen LogP contribution in [-0.4, -0.2) is 259 Å². The number of ether oxygens (including phenoxy) is 7. The highest BCUT2D eigenvalue weighted by Gasteiger charge is 2.51. The number of quaternary nitrogens is 2. The summed E-state index contributed by atoms with van der Waals surface area (Å²) in [6, 6.07) is 39.7. The molecule has 15 bridgehead atoms. The van der Waals surface area contributed by atoms with Crippen LogP contribution in [0, 0.1) is 0 Å². The SMILES string of the molecule is CNC1C(=O)NC2C(=O)NC(C(=O)NC3C(=O)NC4C(=O)NC(C(=O)NC(C(=O)NCCC[N+](C)(C)Cc5ccc(-c6ccccc6)cc5)c5cc(O)cc(OC6O[C@H](CO)[C@@H](O)[C@H](O)[C@@H]6O)c5-c5c(O)cccc54)C(O)c4ccc(c(Cl)c4)Oc4cc3cc(c4O[C@H]3OC(C(=O)NCCC[N+](C)(C)Cc4ccc(-c5ccccc5)cc4)[C@H](O)[C@@H](O)[C@@H]3N)Oc3ccc(cc3Cl)C2O)c2cc(O)cc(c2)Oc2cc1ccc2O. The van der Waals surface area contributed by atoms with E-state index in [9.17, 15) is 70.9 Å². The molecular weight excluding hydrogens is 1960 g/mol. The van der Waals surface area contributed by atoms with Gasteiger partial charge in [-0.1, -0.05) is 163 Å². The number of aliphatic hydroxyl groups is 8. The fourth-order valence-corrected chi connectivity index (χ4v) is 19.6. The van der Waals surface area contributed by atoms with Crippen LogP contribution in [0.25, 0.3) is 33.4 Å². The molecule has 11 aromatic carbocycles. The Morgan fingerprint density at radius 3 is 1.49 bits per heavy atom. The van der Waals surface area contributed by atoms with Crippen molar-refractivity contribution in [3.8, 4) is 102 Å². The molecule has 0 saturated carbocycles. The van der Waals surface area contributed by atoms with Crippen molar-refractivity contribution in [3.63, 3.8) is 0 Å². The number of benzene rings is 11. The van der Waals surface area contributed by atoms with Crippen molar-refractivity contribution >= 4 is 70.5 Å². The molecule has 8 amide bonds. The number of nitrogens with one attached hydrogen (secondary N) is 9. The molecule has 19 rings (SSSR count). The van der Waals surface area contributed by atoms with E-state index < -0.39 is 271 Å². The molecule has 2 fully saturated rings. The average molecular weight is 2070 g/mol. The quantitative estimate of drug-likeness (QED) is 0.0255. The predicted molar refractivity (Wildman–Crippen MR) is 534 cm³/mol. The van der Waals surface area contributed by atoms with Crippen LogP contribution < -0.4 is 77.3 Å². The maximum Gasteiger partial charge on any atom is 0.252 e. The number of halogens is 2. The third kappa shape index (κ3) is 22.9. The van der Waals surface area contributed by atoms with Gasteiger partial charge in [0.1, 0.15) is 144 Å². The van der Waals surface area contributed by atoms with E-state index in [0.29, 0.717) is 41.6 Å². The monoisotopic (exact) mass is 2070 g/mol. The number of carbonyl (C=O) groups is 8. The normalized spacial score (nSPS) is 24.6. The zero-order valence-electron chi connectivity index (χ0n) is 80.4. The molecule has 2 saturated heterocycles. The lowest BCUT2D eigenvalue weighted by atomic mass is 9.87. The molecule has 148 heavy (non-hydrogen) atoms. The van der Waals surface area contributed by atoms with E-state index in [-0.39, 0.29) is 47.7 Å². The molecule has 39 nitrogen and oxygen atoms in total. The van der Waals surface area contributed by atoms with Gasteiger partial charge in [0.15, 0.2) is 29.1 Å². The number of nitrogens with zero attached hydrogens (tertiary/aromatic N) is 2. The summed E-state index contributed by atoms with van der Waals surface area (Å²) in [6.07, 6.45) is -22.4. The second-order valence-corrected chi connectivity index (χ2v) is 39.3. The number of rotatable bonds is 22. The second-order valence-electron chi connectivity index (χ2n) is 38.5. The second kappa shape index (κ2) is 44.2. The van der Waals surface area contributed by atoms with Crippen LogP contribution in [0.2, 0.25) is 10.0 Å². The first kappa shape index (κ1) is 105. The van der Waals surface area contributed by atoms with Crippen molar-refractivity contribution < 1.29 is 142 Å². The number of phenolic OH excluding ortho intramolecular Hbond substituents is 4. The van der Waals surface area contributed by atoms with Crippen LogP contribution in [0.3, 0.4) is 0 Å². The molecule has 0 radical (unpaired) electrons. The molecular formula is C107H112Cl2N12O27+2. The Morgan fingerprint density at radius 2 is 0.932 bits per heavy atom. The van der Waals surface area contributed by atoms with E-state index in [4.69, 9.17) is 62.1 Å². The van der Waals surface area contributed by atoms with Crippen LogP contribution in [0.15, 0.2) is 224 Å². The van der Waals surface area contributed by atoms with E-state index in [1.807, 2.05) is 137 Å². The number of aliphatic hydroxyl groups excluding tert-OH is 8. The van der Waals surface area contributed by atoms with E-state index in [1.54, 1.807) is 0 Å². The highest BCUT2D eigenvalue weighted by molar-refractivity contribution is 6.32. The lowest BCUT2D eigenvalue weighted by Gasteiger charge is -2.40.